The third-order valence-electron chi connectivity index (χ3n) is 12.8. The van der Waals surface area contributed by atoms with Crippen LogP contribution in [0.5, 0.6) is 0 Å². The number of carbonyl (C=O) groups excluding carboxylic acids is 3. The van der Waals surface area contributed by atoms with Crippen molar-refractivity contribution in [3.63, 3.8) is 0 Å². The summed E-state index contributed by atoms with van der Waals surface area (Å²) in [6.07, 6.45) is 103. The van der Waals surface area contributed by atoms with E-state index in [1.165, 1.54) is 32.1 Å². The van der Waals surface area contributed by atoms with Crippen LogP contribution in [0.15, 0.2) is 194 Å². The molecule has 0 spiro atoms. The lowest BCUT2D eigenvalue weighted by Crippen LogP contribution is -2.30. The maximum Gasteiger partial charge on any atom is 0.306 e. The fourth-order valence-corrected chi connectivity index (χ4v) is 8.02. The molecule has 0 aromatic heterocycles. The van der Waals surface area contributed by atoms with E-state index in [0.29, 0.717) is 19.3 Å². The second-order valence-corrected chi connectivity index (χ2v) is 20.5. The number of esters is 3. The quantitative estimate of drug-likeness (QED) is 0.0261. The Hall–Kier alpha value is -5.75. The largest absolute Gasteiger partial charge is 0.462 e. The first-order valence-electron chi connectivity index (χ1n) is 32.4. The molecule has 0 aliphatic carbocycles. The highest BCUT2D eigenvalue weighted by Gasteiger charge is 2.19. The standard InChI is InChI=1S/C76H116O6/c1-4-7-10-13-16-19-22-25-27-29-31-33-35-37-38-40-41-43-45-47-49-51-54-57-60-63-66-69-75(78)81-72-73(71-80-74(77)68-65-62-59-56-53-24-21-18-15-12-9-6-3)82-76(79)70-67-64-61-58-55-52-50-48-46-44-42-39-36-34-32-30-28-26-23-20-17-14-11-8-5-2/h7-8,10-11,16-21,25-28,31-34,37-39,41-43,46-49,52,54-55,57,73H,4-6,9,12-15,22-24,29-30,35-36,40,44-45,50-51,53,56,58-72H2,1-3H3/b10-7-,11-8-,19-16-,20-17-,21-18-,27-25-,28-26-,33-31-,34-32-,38-37-,42-39-,43-41-,48-46-,49-47-,55-52-,57-54-. The van der Waals surface area contributed by atoms with Crippen LogP contribution in [0, 0.1) is 0 Å². The van der Waals surface area contributed by atoms with E-state index in [1.54, 1.807) is 0 Å². The summed E-state index contributed by atoms with van der Waals surface area (Å²) in [5.41, 5.74) is 0. The van der Waals surface area contributed by atoms with Crippen LogP contribution in [0.3, 0.4) is 0 Å². The Kier molecular flexibility index (Phi) is 63.0. The predicted molar refractivity (Wildman–Crippen MR) is 357 cm³/mol. The summed E-state index contributed by atoms with van der Waals surface area (Å²) >= 11 is 0. The smallest absolute Gasteiger partial charge is 0.306 e. The van der Waals surface area contributed by atoms with Gasteiger partial charge in [-0.3, -0.25) is 14.4 Å². The van der Waals surface area contributed by atoms with E-state index in [4.69, 9.17) is 14.2 Å². The van der Waals surface area contributed by atoms with Crippen LogP contribution in [0.2, 0.25) is 0 Å². The summed E-state index contributed by atoms with van der Waals surface area (Å²) in [5, 5.41) is 0. The number of allylic oxidation sites excluding steroid dienone is 32. The monoisotopic (exact) mass is 1120 g/mol. The van der Waals surface area contributed by atoms with E-state index in [0.717, 1.165) is 161 Å². The summed E-state index contributed by atoms with van der Waals surface area (Å²) in [5.74, 6) is -1.02. The van der Waals surface area contributed by atoms with Gasteiger partial charge in [0.05, 0.1) is 0 Å². The Morgan fingerprint density at radius 3 is 0.793 bits per heavy atom. The van der Waals surface area contributed by atoms with Crippen LogP contribution in [0.4, 0.5) is 0 Å². The maximum atomic E-state index is 12.9. The van der Waals surface area contributed by atoms with Crippen molar-refractivity contribution in [2.45, 2.75) is 252 Å². The lowest BCUT2D eigenvalue weighted by molar-refractivity contribution is -0.167. The summed E-state index contributed by atoms with van der Waals surface area (Å²) < 4.78 is 16.8. The minimum Gasteiger partial charge on any atom is -0.462 e. The van der Waals surface area contributed by atoms with Crippen LogP contribution in [-0.2, 0) is 28.6 Å². The van der Waals surface area contributed by atoms with Crippen LogP contribution < -0.4 is 0 Å². The predicted octanol–water partition coefficient (Wildman–Crippen LogP) is 22.6. The van der Waals surface area contributed by atoms with Crippen molar-refractivity contribution in [2.24, 2.45) is 0 Å². The number of hydrogen-bond acceptors (Lipinski definition) is 6. The first kappa shape index (κ1) is 76.2. The van der Waals surface area contributed by atoms with Gasteiger partial charge < -0.3 is 14.2 Å². The molecule has 1 unspecified atom stereocenters. The molecule has 0 heterocycles. The number of hydrogen-bond donors (Lipinski definition) is 0. The van der Waals surface area contributed by atoms with Gasteiger partial charge >= 0.3 is 17.9 Å². The van der Waals surface area contributed by atoms with Gasteiger partial charge in [-0.25, -0.2) is 0 Å². The second kappa shape index (κ2) is 67.8. The molecule has 0 aliphatic rings. The van der Waals surface area contributed by atoms with Gasteiger partial charge in [-0.1, -0.05) is 254 Å². The number of ether oxygens (including phenoxy) is 3. The molecule has 6 heteroatoms. The Morgan fingerprint density at radius 2 is 0.476 bits per heavy atom. The van der Waals surface area contributed by atoms with Crippen molar-refractivity contribution < 1.29 is 28.6 Å². The van der Waals surface area contributed by atoms with Crippen molar-refractivity contribution in [3.8, 4) is 0 Å². The van der Waals surface area contributed by atoms with Crippen LogP contribution in [0.1, 0.15) is 245 Å². The zero-order valence-electron chi connectivity index (χ0n) is 52.2. The Morgan fingerprint density at radius 1 is 0.256 bits per heavy atom. The van der Waals surface area contributed by atoms with Gasteiger partial charge in [-0.2, -0.15) is 0 Å². The highest BCUT2D eigenvalue weighted by molar-refractivity contribution is 5.71. The van der Waals surface area contributed by atoms with Crippen molar-refractivity contribution >= 4 is 17.9 Å². The Balaban J connectivity index is 4.52. The number of carbonyl (C=O) groups is 3. The molecular weight excluding hydrogens is 1010 g/mol. The molecule has 0 bridgehead atoms. The van der Waals surface area contributed by atoms with Crippen molar-refractivity contribution in [1.29, 1.82) is 0 Å². The molecule has 0 radical (unpaired) electrons. The van der Waals surface area contributed by atoms with Crippen LogP contribution >= 0.6 is 0 Å². The number of rotatable bonds is 56. The maximum absolute atomic E-state index is 12.9. The van der Waals surface area contributed by atoms with Crippen molar-refractivity contribution in [2.75, 3.05) is 13.2 Å². The third kappa shape index (κ3) is 65.1. The molecule has 0 aromatic rings. The molecule has 0 rings (SSSR count). The molecule has 456 valence electrons. The summed E-state index contributed by atoms with van der Waals surface area (Å²) in [4.78, 5) is 38.3. The molecule has 0 aliphatic heterocycles. The normalized spacial score (nSPS) is 13.5. The van der Waals surface area contributed by atoms with E-state index >= 15 is 0 Å². The molecule has 82 heavy (non-hydrogen) atoms. The average molecular weight is 1130 g/mol. The molecule has 0 N–H and O–H groups in total. The van der Waals surface area contributed by atoms with E-state index in [2.05, 4.69) is 215 Å². The topological polar surface area (TPSA) is 78.9 Å². The first-order valence-corrected chi connectivity index (χ1v) is 32.4. The van der Waals surface area contributed by atoms with Gasteiger partial charge in [0.15, 0.2) is 6.10 Å². The molecule has 1 atom stereocenters. The van der Waals surface area contributed by atoms with Gasteiger partial charge in [0.25, 0.3) is 0 Å². The average Bonchev–Trinajstić information content (AvgIpc) is 3.47. The lowest BCUT2D eigenvalue weighted by atomic mass is 10.1. The second-order valence-electron chi connectivity index (χ2n) is 20.5. The summed E-state index contributed by atoms with van der Waals surface area (Å²) in [6.45, 7) is 6.30. The molecule has 0 saturated heterocycles. The molecule has 0 aromatic carbocycles. The van der Waals surface area contributed by atoms with Gasteiger partial charge in [0.2, 0.25) is 0 Å². The zero-order chi connectivity index (χ0) is 59.2. The summed E-state index contributed by atoms with van der Waals surface area (Å²) in [6, 6.07) is 0. The zero-order valence-corrected chi connectivity index (χ0v) is 52.2. The lowest BCUT2D eigenvalue weighted by Gasteiger charge is -2.18. The van der Waals surface area contributed by atoms with Crippen molar-refractivity contribution in [3.05, 3.63) is 194 Å². The van der Waals surface area contributed by atoms with Crippen LogP contribution in [-0.4, -0.2) is 37.2 Å². The molecule has 0 saturated carbocycles. The van der Waals surface area contributed by atoms with E-state index in [-0.39, 0.29) is 44.0 Å². The van der Waals surface area contributed by atoms with Gasteiger partial charge in [0.1, 0.15) is 13.2 Å². The summed E-state index contributed by atoms with van der Waals surface area (Å²) in [7, 11) is 0. The Bertz CT molecular complexity index is 1970. The first-order chi connectivity index (χ1) is 40.5. The third-order valence-corrected chi connectivity index (χ3v) is 12.8. The van der Waals surface area contributed by atoms with E-state index in [9.17, 15) is 14.4 Å². The molecule has 0 amide bonds. The highest BCUT2D eigenvalue weighted by Crippen LogP contribution is 2.12. The van der Waals surface area contributed by atoms with E-state index in [1.807, 2.05) is 0 Å². The number of unbranched alkanes of at least 4 members (excludes halogenated alkanes) is 13. The van der Waals surface area contributed by atoms with Gasteiger partial charge in [0, 0.05) is 19.3 Å². The highest BCUT2D eigenvalue weighted by atomic mass is 16.6. The minimum absolute atomic E-state index is 0.120. The van der Waals surface area contributed by atoms with Gasteiger partial charge in [-0.15, -0.1) is 0 Å². The minimum atomic E-state index is -0.831. The Labute approximate surface area is 503 Å². The molecular formula is C76H116O6. The fraction of sp³-hybridized carbons (Fsp3) is 0.539. The van der Waals surface area contributed by atoms with Crippen LogP contribution in [0.25, 0.3) is 0 Å². The fourth-order valence-electron chi connectivity index (χ4n) is 8.02. The van der Waals surface area contributed by atoms with Gasteiger partial charge in [-0.05, 0) is 167 Å². The van der Waals surface area contributed by atoms with E-state index < -0.39 is 6.10 Å². The molecule has 0 fully saturated rings. The van der Waals surface area contributed by atoms with Crippen molar-refractivity contribution in [1.82, 2.24) is 0 Å². The SMILES string of the molecule is CC/C=C\C/C=C\C/C=C\C/C=C\C/C=C\C/C=C\C/C=C\C/C=C\CCCCC(=O)OCC(COC(=O)CCCCCCC/C=C\CCCCC)OC(=O)CCCCC/C=C\C/C=C\C/C=C\C/C=C\C/C=C\C/C=C\C/C=C\CC. The molecule has 6 nitrogen and oxygen atoms in total.